The van der Waals surface area contributed by atoms with E-state index >= 15 is 0 Å². The van der Waals surface area contributed by atoms with Crippen LogP contribution in [0.25, 0.3) is 0 Å². The lowest BCUT2D eigenvalue weighted by Gasteiger charge is -2.14. The predicted octanol–water partition coefficient (Wildman–Crippen LogP) is 2.91. The molecule has 17 heavy (non-hydrogen) atoms. The largest absolute Gasteiger partial charge is 0.319 e. The second-order valence-electron chi connectivity index (χ2n) is 4.08. The van der Waals surface area contributed by atoms with E-state index in [2.05, 4.69) is 24.2 Å². The minimum Gasteiger partial charge on any atom is -0.319 e. The highest BCUT2D eigenvalue weighted by Crippen LogP contribution is 2.26. The first-order valence-electron chi connectivity index (χ1n) is 5.66. The summed E-state index contributed by atoms with van der Waals surface area (Å²) >= 11 is 6.14. The molecule has 0 amide bonds. The molecule has 4 heteroatoms. The molecule has 2 rings (SSSR count). The Balaban J connectivity index is 2.39. The molecule has 0 spiro atoms. The first kappa shape index (κ1) is 12.1. The number of aromatic nitrogens is 2. The summed E-state index contributed by atoms with van der Waals surface area (Å²) in [6.07, 6.45) is 1.65. The SMILES string of the molecule is CCn1ncc(Cl)c1C(N)c1ccc(C)cc1. The van der Waals surface area contributed by atoms with Gasteiger partial charge in [0.05, 0.1) is 23.0 Å². The van der Waals surface area contributed by atoms with E-state index in [1.54, 1.807) is 6.20 Å². The minimum absolute atomic E-state index is 0.231. The molecule has 0 aliphatic heterocycles. The molecule has 90 valence electrons. The van der Waals surface area contributed by atoms with E-state index < -0.39 is 0 Å². The average molecular weight is 250 g/mol. The van der Waals surface area contributed by atoms with Gasteiger partial charge in [-0.3, -0.25) is 4.68 Å². The zero-order valence-corrected chi connectivity index (χ0v) is 10.8. The van der Waals surface area contributed by atoms with Gasteiger partial charge in [0.2, 0.25) is 0 Å². The quantitative estimate of drug-likeness (QED) is 0.909. The van der Waals surface area contributed by atoms with Gasteiger partial charge in [-0.05, 0) is 19.4 Å². The number of nitrogens with zero attached hydrogens (tertiary/aromatic N) is 2. The van der Waals surface area contributed by atoms with Gasteiger partial charge in [-0.1, -0.05) is 41.4 Å². The minimum atomic E-state index is -0.231. The topological polar surface area (TPSA) is 43.8 Å². The van der Waals surface area contributed by atoms with Crippen LogP contribution in [0.2, 0.25) is 5.02 Å². The Morgan fingerprint density at radius 3 is 2.59 bits per heavy atom. The number of hydrogen-bond acceptors (Lipinski definition) is 2. The highest BCUT2D eigenvalue weighted by Gasteiger charge is 2.17. The van der Waals surface area contributed by atoms with Crippen LogP contribution in [-0.4, -0.2) is 9.78 Å². The van der Waals surface area contributed by atoms with Crippen molar-refractivity contribution >= 4 is 11.6 Å². The molecule has 1 heterocycles. The molecule has 1 aromatic carbocycles. The smallest absolute Gasteiger partial charge is 0.0837 e. The van der Waals surface area contributed by atoms with Crippen LogP contribution in [0.1, 0.15) is 29.8 Å². The van der Waals surface area contributed by atoms with Crippen LogP contribution in [0.15, 0.2) is 30.5 Å². The van der Waals surface area contributed by atoms with Gasteiger partial charge in [0.15, 0.2) is 0 Å². The Labute approximate surface area is 106 Å². The van der Waals surface area contributed by atoms with Gasteiger partial charge >= 0.3 is 0 Å². The maximum atomic E-state index is 6.24. The van der Waals surface area contributed by atoms with Crippen LogP contribution in [0, 0.1) is 6.92 Å². The third kappa shape index (κ3) is 2.35. The molecule has 0 radical (unpaired) electrons. The molecule has 1 aromatic heterocycles. The standard InChI is InChI=1S/C13H16ClN3/c1-3-17-13(11(14)8-16-17)12(15)10-6-4-9(2)5-7-10/h4-8,12H,3,15H2,1-2H3. The van der Waals surface area contributed by atoms with Crippen LogP contribution in [0.5, 0.6) is 0 Å². The van der Waals surface area contributed by atoms with Crippen LogP contribution >= 0.6 is 11.6 Å². The summed E-state index contributed by atoms with van der Waals surface area (Å²) in [7, 11) is 0. The average Bonchev–Trinajstić information content (AvgIpc) is 2.70. The summed E-state index contributed by atoms with van der Waals surface area (Å²) in [6, 6.07) is 7.93. The Bertz CT molecular complexity index is 502. The van der Waals surface area contributed by atoms with Gasteiger partial charge in [-0.2, -0.15) is 5.10 Å². The van der Waals surface area contributed by atoms with E-state index in [1.165, 1.54) is 5.56 Å². The number of aryl methyl sites for hydroxylation is 2. The van der Waals surface area contributed by atoms with Gasteiger partial charge in [-0.15, -0.1) is 0 Å². The molecule has 0 saturated heterocycles. The van der Waals surface area contributed by atoms with Gasteiger partial charge in [0.1, 0.15) is 0 Å². The lowest BCUT2D eigenvalue weighted by atomic mass is 10.0. The monoisotopic (exact) mass is 249 g/mol. The summed E-state index contributed by atoms with van der Waals surface area (Å²) in [5, 5.41) is 4.83. The molecule has 0 bridgehead atoms. The third-order valence-corrected chi connectivity index (χ3v) is 3.16. The summed E-state index contributed by atoms with van der Waals surface area (Å²) in [5.41, 5.74) is 9.38. The van der Waals surface area contributed by atoms with Crippen molar-refractivity contribution in [1.82, 2.24) is 9.78 Å². The van der Waals surface area contributed by atoms with E-state index in [4.69, 9.17) is 17.3 Å². The summed E-state index contributed by atoms with van der Waals surface area (Å²) in [6.45, 7) is 4.84. The van der Waals surface area contributed by atoms with Crippen molar-refractivity contribution in [2.24, 2.45) is 5.73 Å². The van der Waals surface area contributed by atoms with Crippen LogP contribution in [0.4, 0.5) is 0 Å². The molecular weight excluding hydrogens is 234 g/mol. The van der Waals surface area contributed by atoms with Crippen LogP contribution in [0.3, 0.4) is 0 Å². The molecule has 0 aliphatic rings. The zero-order chi connectivity index (χ0) is 12.4. The van der Waals surface area contributed by atoms with Crippen molar-refractivity contribution in [1.29, 1.82) is 0 Å². The molecule has 1 atom stereocenters. The number of rotatable bonds is 3. The van der Waals surface area contributed by atoms with Gasteiger partial charge in [0, 0.05) is 6.54 Å². The van der Waals surface area contributed by atoms with Gasteiger partial charge in [0.25, 0.3) is 0 Å². The van der Waals surface area contributed by atoms with Crippen molar-refractivity contribution in [3.05, 3.63) is 52.3 Å². The Kier molecular flexibility index (Phi) is 3.50. The Morgan fingerprint density at radius 2 is 2.00 bits per heavy atom. The molecule has 2 N–H and O–H groups in total. The molecule has 0 aliphatic carbocycles. The fraction of sp³-hybridized carbons (Fsp3) is 0.308. The number of hydrogen-bond donors (Lipinski definition) is 1. The molecule has 1 unspecified atom stereocenters. The Hall–Kier alpha value is -1.32. The maximum absolute atomic E-state index is 6.24. The van der Waals surface area contributed by atoms with Crippen molar-refractivity contribution in [3.8, 4) is 0 Å². The van der Waals surface area contributed by atoms with Crippen molar-refractivity contribution < 1.29 is 0 Å². The van der Waals surface area contributed by atoms with Crippen molar-refractivity contribution in [2.45, 2.75) is 26.4 Å². The first-order chi connectivity index (χ1) is 8.13. The van der Waals surface area contributed by atoms with Crippen LogP contribution < -0.4 is 5.73 Å². The molecule has 0 saturated carbocycles. The summed E-state index contributed by atoms with van der Waals surface area (Å²) in [4.78, 5) is 0. The molecule has 2 aromatic rings. The lowest BCUT2D eigenvalue weighted by molar-refractivity contribution is 0.601. The van der Waals surface area contributed by atoms with Crippen molar-refractivity contribution in [2.75, 3.05) is 0 Å². The van der Waals surface area contributed by atoms with E-state index in [-0.39, 0.29) is 6.04 Å². The first-order valence-corrected chi connectivity index (χ1v) is 6.04. The fourth-order valence-corrected chi connectivity index (χ4v) is 2.12. The maximum Gasteiger partial charge on any atom is 0.0837 e. The number of nitrogens with two attached hydrogens (primary N) is 1. The highest BCUT2D eigenvalue weighted by atomic mass is 35.5. The second-order valence-corrected chi connectivity index (χ2v) is 4.49. The second kappa shape index (κ2) is 4.90. The Morgan fingerprint density at radius 1 is 1.35 bits per heavy atom. The summed E-state index contributed by atoms with van der Waals surface area (Å²) < 4.78 is 1.84. The van der Waals surface area contributed by atoms with E-state index in [1.807, 2.05) is 23.7 Å². The summed E-state index contributed by atoms with van der Waals surface area (Å²) in [5.74, 6) is 0. The third-order valence-electron chi connectivity index (χ3n) is 2.86. The van der Waals surface area contributed by atoms with Crippen LogP contribution in [-0.2, 0) is 6.54 Å². The molecule has 3 nitrogen and oxygen atoms in total. The predicted molar refractivity (Wildman–Crippen MR) is 70.1 cm³/mol. The molecular formula is C13H16ClN3. The van der Waals surface area contributed by atoms with E-state index in [9.17, 15) is 0 Å². The van der Waals surface area contributed by atoms with E-state index in [0.717, 1.165) is 17.8 Å². The lowest BCUT2D eigenvalue weighted by Crippen LogP contribution is -2.17. The van der Waals surface area contributed by atoms with Gasteiger partial charge < -0.3 is 5.73 Å². The van der Waals surface area contributed by atoms with E-state index in [0.29, 0.717) is 5.02 Å². The fourth-order valence-electron chi connectivity index (χ4n) is 1.86. The zero-order valence-electron chi connectivity index (χ0n) is 10.0. The normalized spacial score (nSPS) is 12.7. The number of benzene rings is 1. The number of halogens is 1. The van der Waals surface area contributed by atoms with Crippen molar-refractivity contribution in [3.63, 3.8) is 0 Å². The van der Waals surface area contributed by atoms with Gasteiger partial charge in [-0.25, -0.2) is 0 Å². The molecule has 0 fully saturated rings. The highest BCUT2D eigenvalue weighted by molar-refractivity contribution is 6.31.